The first-order valence-corrected chi connectivity index (χ1v) is 5.32. The fraction of sp³-hybridized carbons (Fsp3) is 0.600. The van der Waals surface area contributed by atoms with Gasteiger partial charge in [-0.2, -0.15) is 4.98 Å². The van der Waals surface area contributed by atoms with E-state index in [1.54, 1.807) is 13.2 Å². The van der Waals surface area contributed by atoms with Gasteiger partial charge in [0.15, 0.2) is 0 Å². The fourth-order valence-corrected chi connectivity index (χ4v) is 2.12. The Bertz CT molecular complexity index is 447. The van der Waals surface area contributed by atoms with Gasteiger partial charge < -0.3 is 14.8 Å². The van der Waals surface area contributed by atoms with E-state index in [1.807, 2.05) is 4.57 Å². The zero-order valence-corrected chi connectivity index (χ0v) is 8.92. The Kier molecular flexibility index (Phi) is 2.19. The van der Waals surface area contributed by atoms with Crippen LogP contribution in [0, 0.1) is 0 Å². The summed E-state index contributed by atoms with van der Waals surface area (Å²) in [5.74, 6) is 0.527. The first-order valence-electron chi connectivity index (χ1n) is 5.32. The van der Waals surface area contributed by atoms with Crippen molar-refractivity contribution in [1.29, 1.82) is 0 Å². The van der Waals surface area contributed by atoms with Crippen LogP contribution in [-0.2, 0) is 9.47 Å². The van der Waals surface area contributed by atoms with Gasteiger partial charge in [0.05, 0.1) is 12.7 Å². The molecular formula is C10H13N3O3. The minimum Gasteiger partial charge on any atom is -0.372 e. The molecule has 16 heavy (non-hydrogen) atoms. The Balaban J connectivity index is 1.91. The van der Waals surface area contributed by atoms with E-state index >= 15 is 0 Å². The van der Waals surface area contributed by atoms with E-state index in [1.165, 1.54) is 6.07 Å². The summed E-state index contributed by atoms with van der Waals surface area (Å²) in [4.78, 5) is 15.0. The molecule has 0 unspecified atom stereocenters. The lowest BCUT2D eigenvalue weighted by Gasteiger charge is -2.28. The lowest BCUT2D eigenvalue weighted by atomic mass is 10.1. The lowest BCUT2D eigenvalue weighted by Crippen LogP contribution is -2.40. The van der Waals surface area contributed by atoms with Gasteiger partial charge in [-0.15, -0.1) is 0 Å². The molecule has 0 aliphatic carbocycles. The monoisotopic (exact) mass is 223 g/mol. The molecule has 2 aliphatic heterocycles. The van der Waals surface area contributed by atoms with Crippen LogP contribution in [0.4, 0.5) is 5.95 Å². The topological polar surface area (TPSA) is 65.4 Å². The molecule has 1 aromatic heterocycles. The van der Waals surface area contributed by atoms with Crippen LogP contribution in [0.3, 0.4) is 0 Å². The Morgan fingerprint density at radius 3 is 3.00 bits per heavy atom. The molecule has 3 heterocycles. The zero-order valence-electron chi connectivity index (χ0n) is 8.92. The van der Waals surface area contributed by atoms with Crippen molar-refractivity contribution in [2.45, 2.75) is 24.9 Å². The molecule has 86 valence electrons. The van der Waals surface area contributed by atoms with Crippen LogP contribution >= 0.6 is 0 Å². The predicted octanol–water partition coefficient (Wildman–Crippen LogP) is -0.0287. The Hall–Kier alpha value is -1.40. The molecule has 0 bridgehead atoms. The fourth-order valence-electron chi connectivity index (χ4n) is 2.12. The molecule has 2 aliphatic rings. The average Bonchev–Trinajstić information content (AvgIpc) is 2.55. The van der Waals surface area contributed by atoms with Gasteiger partial charge in [-0.1, -0.05) is 0 Å². The van der Waals surface area contributed by atoms with Crippen molar-refractivity contribution in [3.05, 3.63) is 22.6 Å². The van der Waals surface area contributed by atoms with E-state index in [-0.39, 0.29) is 24.0 Å². The second-order valence-corrected chi connectivity index (χ2v) is 3.98. The van der Waals surface area contributed by atoms with Gasteiger partial charge >= 0.3 is 0 Å². The Morgan fingerprint density at radius 2 is 2.44 bits per heavy atom. The molecule has 0 amide bonds. The number of rotatable bonds is 2. The van der Waals surface area contributed by atoms with E-state index in [4.69, 9.17) is 9.47 Å². The number of aromatic nitrogens is 2. The molecule has 1 N–H and O–H groups in total. The van der Waals surface area contributed by atoms with Gasteiger partial charge in [0.1, 0.15) is 12.3 Å². The van der Waals surface area contributed by atoms with E-state index in [0.717, 1.165) is 6.42 Å². The van der Waals surface area contributed by atoms with E-state index in [2.05, 4.69) is 10.3 Å². The van der Waals surface area contributed by atoms with Crippen molar-refractivity contribution in [1.82, 2.24) is 9.55 Å². The second kappa shape index (κ2) is 3.57. The first-order chi connectivity index (χ1) is 7.78. The van der Waals surface area contributed by atoms with Gasteiger partial charge in [-0.3, -0.25) is 9.36 Å². The summed E-state index contributed by atoms with van der Waals surface area (Å²) < 4.78 is 13.0. The second-order valence-electron chi connectivity index (χ2n) is 3.98. The Labute approximate surface area is 92.2 Å². The normalized spacial score (nSPS) is 31.9. The van der Waals surface area contributed by atoms with Gasteiger partial charge in [0.25, 0.3) is 5.56 Å². The van der Waals surface area contributed by atoms with Crippen LogP contribution in [0.25, 0.3) is 0 Å². The number of anilines is 1. The highest BCUT2D eigenvalue weighted by Gasteiger charge is 2.43. The third-order valence-corrected chi connectivity index (χ3v) is 3.03. The summed E-state index contributed by atoms with van der Waals surface area (Å²) in [6.07, 6.45) is 2.83. The van der Waals surface area contributed by atoms with Crippen LogP contribution < -0.4 is 10.9 Å². The highest BCUT2D eigenvalue weighted by atomic mass is 16.6. The maximum Gasteiger partial charge on any atom is 0.274 e. The smallest absolute Gasteiger partial charge is 0.274 e. The zero-order chi connectivity index (χ0) is 11.1. The largest absolute Gasteiger partial charge is 0.372 e. The minimum absolute atomic E-state index is 0.0898. The quantitative estimate of drug-likeness (QED) is 0.762. The third-order valence-electron chi connectivity index (χ3n) is 3.03. The van der Waals surface area contributed by atoms with Crippen LogP contribution in [0.15, 0.2) is 17.1 Å². The highest BCUT2D eigenvalue weighted by Crippen LogP contribution is 2.37. The average molecular weight is 223 g/mol. The number of nitrogens with zero attached hydrogens (tertiary/aromatic N) is 2. The molecule has 0 spiro atoms. The van der Waals surface area contributed by atoms with Crippen LogP contribution in [0.5, 0.6) is 0 Å². The molecule has 6 nitrogen and oxygen atoms in total. The molecule has 3 atom stereocenters. The van der Waals surface area contributed by atoms with Crippen LogP contribution in [0.2, 0.25) is 0 Å². The highest BCUT2D eigenvalue weighted by molar-refractivity contribution is 5.24. The van der Waals surface area contributed by atoms with Gasteiger partial charge in [-0.25, -0.2) is 0 Å². The van der Waals surface area contributed by atoms with Crippen LogP contribution in [-0.4, -0.2) is 35.4 Å². The van der Waals surface area contributed by atoms with Crippen LogP contribution in [0.1, 0.15) is 12.6 Å². The van der Waals surface area contributed by atoms with Gasteiger partial charge in [0.2, 0.25) is 5.95 Å². The molecule has 3 rings (SSSR count). The maximum atomic E-state index is 11.1. The predicted molar refractivity (Wildman–Crippen MR) is 56.3 cm³/mol. The number of nitrogens with one attached hydrogen (secondary N) is 1. The number of hydrogen-bond donors (Lipinski definition) is 1. The van der Waals surface area contributed by atoms with Crippen molar-refractivity contribution < 1.29 is 9.47 Å². The number of fused-ring (bicyclic) bond motifs is 1. The Morgan fingerprint density at radius 1 is 1.56 bits per heavy atom. The number of ether oxygens (including phenoxy) is 2. The van der Waals surface area contributed by atoms with Crippen molar-refractivity contribution in [3.63, 3.8) is 0 Å². The lowest BCUT2D eigenvalue weighted by molar-refractivity contribution is -0.149. The summed E-state index contributed by atoms with van der Waals surface area (Å²) in [6.45, 7) is 0.670. The summed E-state index contributed by atoms with van der Waals surface area (Å²) in [5.41, 5.74) is -0.252. The van der Waals surface area contributed by atoms with E-state index < -0.39 is 0 Å². The molecule has 0 saturated carbocycles. The number of hydrogen-bond acceptors (Lipinski definition) is 5. The SMILES string of the molecule is CNc1nc(=O)ccn1[C@H]1C[C@H]2OC[C@H]2O1. The van der Waals surface area contributed by atoms with Gasteiger partial charge in [0, 0.05) is 25.7 Å². The van der Waals surface area contributed by atoms with E-state index in [9.17, 15) is 4.79 Å². The van der Waals surface area contributed by atoms with Crippen molar-refractivity contribution in [2.75, 3.05) is 19.0 Å². The summed E-state index contributed by atoms with van der Waals surface area (Å²) >= 11 is 0. The summed E-state index contributed by atoms with van der Waals surface area (Å²) in [6, 6.07) is 1.44. The minimum atomic E-state index is -0.252. The molecular weight excluding hydrogens is 210 g/mol. The maximum absolute atomic E-state index is 11.1. The third kappa shape index (κ3) is 1.42. The molecule has 0 radical (unpaired) electrons. The molecule has 0 aromatic carbocycles. The van der Waals surface area contributed by atoms with E-state index in [0.29, 0.717) is 12.6 Å². The van der Waals surface area contributed by atoms with Crippen molar-refractivity contribution >= 4 is 5.95 Å². The summed E-state index contributed by atoms with van der Waals surface area (Å²) in [5, 5.41) is 2.89. The molecule has 2 fully saturated rings. The molecule has 2 saturated heterocycles. The summed E-state index contributed by atoms with van der Waals surface area (Å²) in [7, 11) is 1.73. The standard InChI is InChI=1S/C10H13N3O3/c1-11-10-12-8(14)2-3-13(10)9-4-6-7(16-9)5-15-6/h2-3,6-7,9H,4-5H2,1H3,(H,11,12,14)/t6-,7-,9-/m1/s1. The van der Waals surface area contributed by atoms with Crippen molar-refractivity contribution in [3.8, 4) is 0 Å². The first kappa shape index (κ1) is 9.80. The molecule has 1 aromatic rings. The van der Waals surface area contributed by atoms with Crippen molar-refractivity contribution in [2.24, 2.45) is 0 Å². The molecule has 6 heteroatoms. The van der Waals surface area contributed by atoms with Gasteiger partial charge in [-0.05, 0) is 0 Å².